The van der Waals surface area contributed by atoms with Crippen LogP contribution in [0.3, 0.4) is 0 Å². The molecule has 1 nitrogen and oxygen atoms in total. The Morgan fingerprint density at radius 2 is 1.57 bits per heavy atom. The van der Waals surface area contributed by atoms with Crippen LogP contribution in [-0.2, 0) is 12.8 Å². The molecule has 0 aliphatic heterocycles. The van der Waals surface area contributed by atoms with Gasteiger partial charge in [-0.05, 0) is 56.0 Å². The zero-order chi connectivity index (χ0) is 15.2. The van der Waals surface area contributed by atoms with Crippen LogP contribution in [0.2, 0.25) is 5.02 Å². The molecule has 0 heterocycles. The lowest BCUT2D eigenvalue weighted by atomic mass is 10.0. The van der Waals surface area contributed by atoms with Crippen LogP contribution in [0, 0.1) is 0 Å². The van der Waals surface area contributed by atoms with Gasteiger partial charge in [-0.1, -0.05) is 57.9 Å². The molecule has 2 atom stereocenters. The van der Waals surface area contributed by atoms with Crippen molar-refractivity contribution in [2.75, 3.05) is 0 Å². The molecular formula is C18H21BrClN. The van der Waals surface area contributed by atoms with Crippen LogP contribution < -0.4 is 5.32 Å². The van der Waals surface area contributed by atoms with Crippen molar-refractivity contribution in [1.29, 1.82) is 0 Å². The van der Waals surface area contributed by atoms with Crippen LogP contribution in [-0.4, -0.2) is 12.1 Å². The summed E-state index contributed by atoms with van der Waals surface area (Å²) in [6.07, 6.45) is 1.98. The van der Waals surface area contributed by atoms with Crippen molar-refractivity contribution in [3.05, 3.63) is 69.2 Å². The van der Waals surface area contributed by atoms with E-state index in [4.69, 9.17) is 11.6 Å². The molecule has 21 heavy (non-hydrogen) atoms. The molecule has 0 saturated heterocycles. The quantitative estimate of drug-likeness (QED) is 0.736. The molecule has 2 aromatic rings. The first-order chi connectivity index (χ1) is 10.0. The number of rotatable bonds is 6. The Balaban J connectivity index is 1.86. The van der Waals surface area contributed by atoms with E-state index in [0.29, 0.717) is 12.1 Å². The van der Waals surface area contributed by atoms with Gasteiger partial charge in [-0.2, -0.15) is 0 Å². The standard InChI is InChI=1S/C18H21BrClN/c1-13(11-15-7-9-17(19)10-8-15)21-14(2)12-16-5-3-4-6-18(16)20/h3-10,13-14,21H,11-12H2,1-2H3. The molecule has 2 unspecified atom stereocenters. The minimum absolute atomic E-state index is 0.398. The first-order valence-corrected chi connectivity index (χ1v) is 8.45. The summed E-state index contributed by atoms with van der Waals surface area (Å²) in [6, 6.07) is 17.4. The molecular weight excluding hydrogens is 346 g/mol. The van der Waals surface area contributed by atoms with E-state index in [2.05, 4.69) is 65.4 Å². The highest BCUT2D eigenvalue weighted by Gasteiger charge is 2.10. The zero-order valence-electron chi connectivity index (χ0n) is 12.4. The van der Waals surface area contributed by atoms with Crippen LogP contribution in [0.1, 0.15) is 25.0 Å². The molecule has 0 spiro atoms. The molecule has 3 heteroatoms. The van der Waals surface area contributed by atoms with Gasteiger partial charge in [0.25, 0.3) is 0 Å². The van der Waals surface area contributed by atoms with Crippen molar-refractivity contribution in [1.82, 2.24) is 5.32 Å². The highest BCUT2D eigenvalue weighted by atomic mass is 79.9. The highest BCUT2D eigenvalue weighted by molar-refractivity contribution is 9.10. The minimum Gasteiger partial charge on any atom is -0.311 e. The van der Waals surface area contributed by atoms with Gasteiger partial charge in [0, 0.05) is 21.6 Å². The van der Waals surface area contributed by atoms with E-state index < -0.39 is 0 Å². The van der Waals surface area contributed by atoms with Gasteiger partial charge < -0.3 is 5.32 Å². The molecule has 0 radical (unpaired) electrons. The molecule has 0 amide bonds. The monoisotopic (exact) mass is 365 g/mol. The maximum Gasteiger partial charge on any atom is 0.0438 e. The molecule has 112 valence electrons. The lowest BCUT2D eigenvalue weighted by Gasteiger charge is -2.20. The fraction of sp³-hybridized carbons (Fsp3) is 0.333. The second-order valence-corrected chi connectivity index (χ2v) is 6.92. The zero-order valence-corrected chi connectivity index (χ0v) is 14.8. The summed E-state index contributed by atoms with van der Waals surface area (Å²) in [7, 11) is 0. The highest BCUT2D eigenvalue weighted by Crippen LogP contribution is 2.17. The first kappa shape index (κ1) is 16.5. The predicted octanol–water partition coefficient (Wildman–Crippen LogP) is 5.25. The second kappa shape index (κ2) is 7.98. The normalized spacial score (nSPS) is 13.9. The van der Waals surface area contributed by atoms with E-state index >= 15 is 0 Å². The van der Waals surface area contributed by atoms with E-state index in [1.807, 2.05) is 18.2 Å². The summed E-state index contributed by atoms with van der Waals surface area (Å²) in [6.45, 7) is 4.44. The van der Waals surface area contributed by atoms with E-state index in [0.717, 1.165) is 22.3 Å². The van der Waals surface area contributed by atoms with Gasteiger partial charge in [-0.15, -0.1) is 0 Å². The number of hydrogen-bond donors (Lipinski definition) is 1. The minimum atomic E-state index is 0.398. The molecule has 2 rings (SSSR count). The summed E-state index contributed by atoms with van der Waals surface area (Å²) < 4.78 is 1.12. The summed E-state index contributed by atoms with van der Waals surface area (Å²) >= 11 is 9.68. The number of nitrogens with one attached hydrogen (secondary N) is 1. The molecule has 0 aliphatic rings. The van der Waals surface area contributed by atoms with Crippen LogP contribution in [0.4, 0.5) is 0 Å². The van der Waals surface area contributed by atoms with E-state index in [9.17, 15) is 0 Å². The van der Waals surface area contributed by atoms with Gasteiger partial charge in [-0.25, -0.2) is 0 Å². The van der Waals surface area contributed by atoms with Crippen LogP contribution in [0.15, 0.2) is 53.0 Å². The Hall–Kier alpha value is -0.830. The van der Waals surface area contributed by atoms with Crippen molar-refractivity contribution >= 4 is 27.5 Å². The summed E-state index contributed by atoms with van der Waals surface area (Å²) in [4.78, 5) is 0. The van der Waals surface area contributed by atoms with E-state index in [1.54, 1.807) is 0 Å². The van der Waals surface area contributed by atoms with Gasteiger partial charge in [-0.3, -0.25) is 0 Å². The third-order valence-corrected chi connectivity index (χ3v) is 4.41. The Morgan fingerprint density at radius 3 is 2.24 bits per heavy atom. The SMILES string of the molecule is CC(Cc1ccc(Br)cc1)NC(C)Cc1ccccc1Cl. The summed E-state index contributed by atoms with van der Waals surface area (Å²) in [5.74, 6) is 0. The Bertz CT molecular complexity index is 568. The Kier molecular flexibility index (Phi) is 6.28. The fourth-order valence-electron chi connectivity index (χ4n) is 2.57. The summed E-state index contributed by atoms with van der Waals surface area (Å²) in [5.41, 5.74) is 2.55. The lowest BCUT2D eigenvalue weighted by molar-refractivity contribution is 0.462. The number of halogens is 2. The molecule has 2 aromatic carbocycles. The van der Waals surface area contributed by atoms with Crippen molar-refractivity contribution in [2.24, 2.45) is 0 Å². The number of benzene rings is 2. The average molecular weight is 367 g/mol. The van der Waals surface area contributed by atoms with Crippen LogP contribution in [0.5, 0.6) is 0 Å². The second-order valence-electron chi connectivity index (χ2n) is 5.59. The Labute approximate surface area is 140 Å². The van der Waals surface area contributed by atoms with Crippen LogP contribution >= 0.6 is 27.5 Å². The third-order valence-electron chi connectivity index (χ3n) is 3.51. The lowest BCUT2D eigenvalue weighted by Crippen LogP contribution is -2.37. The Morgan fingerprint density at radius 1 is 0.952 bits per heavy atom. The molecule has 0 fully saturated rings. The van der Waals surface area contributed by atoms with E-state index in [-0.39, 0.29) is 0 Å². The van der Waals surface area contributed by atoms with Gasteiger partial charge >= 0.3 is 0 Å². The molecule has 0 bridgehead atoms. The predicted molar refractivity (Wildman–Crippen MR) is 95.1 cm³/mol. The van der Waals surface area contributed by atoms with E-state index in [1.165, 1.54) is 11.1 Å². The van der Waals surface area contributed by atoms with Crippen molar-refractivity contribution in [2.45, 2.75) is 38.8 Å². The number of hydrogen-bond acceptors (Lipinski definition) is 1. The maximum absolute atomic E-state index is 6.22. The third kappa shape index (κ3) is 5.46. The van der Waals surface area contributed by atoms with Gasteiger partial charge in [0.05, 0.1) is 0 Å². The fourth-order valence-corrected chi connectivity index (χ4v) is 3.05. The van der Waals surface area contributed by atoms with Gasteiger partial charge in [0.2, 0.25) is 0 Å². The van der Waals surface area contributed by atoms with Crippen molar-refractivity contribution < 1.29 is 0 Å². The first-order valence-electron chi connectivity index (χ1n) is 7.28. The smallest absolute Gasteiger partial charge is 0.0438 e. The van der Waals surface area contributed by atoms with Gasteiger partial charge in [0.1, 0.15) is 0 Å². The van der Waals surface area contributed by atoms with Crippen molar-refractivity contribution in [3.8, 4) is 0 Å². The largest absolute Gasteiger partial charge is 0.311 e. The van der Waals surface area contributed by atoms with Crippen LogP contribution in [0.25, 0.3) is 0 Å². The summed E-state index contributed by atoms with van der Waals surface area (Å²) in [5, 5.41) is 4.50. The molecule has 0 aliphatic carbocycles. The molecule has 1 N–H and O–H groups in total. The molecule has 0 aromatic heterocycles. The maximum atomic E-state index is 6.22. The van der Waals surface area contributed by atoms with Gasteiger partial charge in [0.15, 0.2) is 0 Å². The topological polar surface area (TPSA) is 12.0 Å². The average Bonchev–Trinajstić information content (AvgIpc) is 2.44. The molecule has 0 saturated carbocycles. The van der Waals surface area contributed by atoms with Crippen molar-refractivity contribution in [3.63, 3.8) is 0 Å².